The number of esters is 1. The first-order valence-electron chi connectivity index (χ1n) is 8.71. The van der Waals surface area contributed by atoms with E-state index in [0.29, 0.717) is 34.7 Å². The Morgan fingerprint density at radius 2 is 1.92 bits per heavy atom. The Kier molecular flexibility index (Phi) is 5.43. The Balaban J connectivity index is 1.70. The zero-order valence-electron chi connectivity index (χ0n) is 14.3. The number of hydrogen-bond acceptors (Lipinski definition) is 5. The van der Waals surface area contributed by atoms with Crippen molar-refractivity contribution in [2.75, 3.05) is 0 Å². The highest BCUT2D eigenvalue weighted by Gasteiger charge is 2.11. The highest BCUT2D eigenvalue weighted by atomic mass is 16.5. The minimum atomic E-state index is -0.244. The maximum absolute atomic E-state index is 11.9. The van der Waals surface area contributed by atoms with Crippen LogP contribution in [0.1, 0.15) is 45.4 Å². The van der Waals surface area contributed by atoms with E-state index in [1.807, 2.05) is 0 Å². The van der Waals surface area contributed by atoms with Crippen LogP contribution in [0.2, 0.25) is 0 Å². The number of fused-ring (bicyclic) bond motifs is 2. The summed E-state index contributed by atoms with van der Waals surface area (Å²) in [7, 11) is 0. The van der Waals surface area contributed by atoms with Gasteiger partial charge in [0.15, 0.2) is 16.8 Å². The van der Waals surface area contributed by atoms with Crippen molar-refractivity contribution in [1.29, 1.82) is 0 Å². The maximum atomic E-state index is 11.9. The molecule has 5 heteroatoms. The second-order valence-corrected chi connectivity index (χ2v) is 6.11. The van der Waals surface area contributed by atoms with Crippen LogP contribution < -0.4 is 10.2 Å². The zero-order valence-corrected chi connectivity index (χ0v) is 14.3. The van der Waals surface area contributed by atoms with Gasteiger partial charge in [-0.15, -0.1) is 0 Å². The molecule has 0 saturated heterocycles. The van der Waals surface area contributed by atoms with Gasteiger partial charge in [-0.25, -0.2) is 4.98 Å². The minimum absolute atomic E-state index is 0.136. The highest BCUT2D eigenvalue weighted by molar-refractivity contribution is 5.79. The Labute approximate surface area is 146 Å². The Hall–Kier alpha value is -2.69. The number of ether oxygens (including phenoxy) is 1. The Bertz CT molecular complexity index is 900. The van der Waals surface area contributed by atoms with Gasteiger partial charge in [-0.3, -0.25) is 9.59 Å². The first kappa shape index (κ1) is 17.1. The first-order valence-corrected chi connectivity index (χ1v) is 8.71. The smallest absolute Gasteiger partial charge is 0.311 e. The second-order valence-electron chi connectivity index (χ2n) is 6.11. The van der Waals surface area contributed by atoms with E-state index < -0.39 is 0 Å². The van der Waals surface area contributed by atoms with E-state index in [0.717, 1.165) is 19.3 Å². The summed E-state index contributed by atoms with van der Waals surface area (Å²) >= 11 is 0. The van der Waals surface area contributed by atoms with Gasteiger partial charge in [-0.2, -0.15) is 0 Å². The lowest BCUT2D eigenvalue weighted by Gasteiger charge is -2.08. The summed E-state index contributed by atoms with van der Waals surface area (Å²) < 4.78 is 11.1. The molecule has 25 heavy (non-hydrogen) atoms. The van der Waals surface area contributed by atoms with Crippen LogP contribution in [0.15, 0.2) is 45.6 Å². The van der Waals surface area contributed by atoms with Gasteiger partial charge in [0.2, 0.25) is 0 Å². The number of unbranched alkanes of at least 4 members (excludes halogenated alkanes) is 4. The van der Waals surface area contributed by atoms with Crippen molar-refractivity contribution in [2.45, 2.75) is 45.4 Å². The van der Waals surface area contributed by atoms with E-state index in [4.69, 9.17) is 9.15 Å². The molecule has 1 aliphatic heterocycles. The summed E-state index contributed by atoms with van der Waals surface area (Å²) in [6.45, 7) is 2.16. The molecule has 3 rings (SSSR count). The van der Waals surface area contributed by atoms with Gasteiger partial charge in [0.1, 0.15) is 17.0 Å². The van der Waals surface area contributed by atoms with Gasteiger partial charge >= 0.3 is 5.97 Å². The molecule has 0 saturated carbocycles. The number of carbonyl (C=O) groups is 1. The maximum Gasteiger partial charge on any atom is 0.311 e. The van der Waals surface area contributed by atoms with Crippen molar-refractivity contribution in [1.82, 2.24) is 4.98 Å². The third-order valence-corrected chi connectivity index (χ3v) is 4.04. The molecule has 2 aliphatic rings. The lowest BCUT2D eigenvalue weighted by atomic mass is 10.1. The largest absolute Gasteiger partial charge is 0.453 e. The molecule has 0 aromatic heterocycles. The molecule has 1 aliphatic carbocycles. The number of aromatic nitrogens is 1. The molecule has 130 valence electrons. The molecule has 0 spiro atoms. The number of nitrogens with zero attached hydrogens (tertiary/aromatic N) is 1. The van der Waals surface area contributed by atoms with Crippen molar-refractivity contribution in [2.24, 2.45) is 0 Å². The quantitative estimate of drug-likeness (QED) is 0.273. The molecule has 0 N–H and O–H groups in total. The molecule has 1 heterocycles. The van der Waals surface area contributed by atoms with Crippen LogP contribution in [0.25, 0.3) is 22.6 Å². The van der Waals surface area contributed by atoms with Gasteiger partial charge in [-0.1, -0.05) is 32.6 Å². The van der Waals surface area contributed by atoms with Gasteiger partial charge in [-0.05, 0) is 30.7 Å². The molecule has 1 aromatic rings. The third kappa shape index (κ3) is 4.44. The SMILES string of the molecule is CCCCCCCC(=O)Oc1ccc2nc3ccc(=O)cc-3oc2c1. The lowest BCUT2D eigenvalue weighted by Crippen LogP contribution is -2.07. The first-order chi connectivity index (χ1) is 12.2. The minimum Gasteiger partial charge on any atom is -0.453 e. The summed E-state index contributed by atoms with van der Waals surface area (Å²) in [6, 6.07) is 9.56. The van der Waals surface area contributed by atoms with E-state index in [1.54, 1.807) is 24.3 Å². The molecule has 1 aromatic carbocycles. The second kappa shape index (κ2) is 7.92. The number of benzene rings is 2. The van der Waals surface area contributed by atoms with Gasteiger partial charge in [0, 0.05) is 18.6 Å². The molecule has 0 fully saturated rings. The van der Waals surface area contributed by atoms with E-state index in [1.165, 1.54) is 25.0 Å². The molecule has 5 nitrogen and oxygen atoms in total. The fraction of sp³-hybridized carbons (Fsp3) is 0.350. The molecule has 0 unspecified atom stereocenters. The van der Waals surface area contributed by atoms with Crippen molar-refractivity contribution in [3.63, 3.8) is 0 Å². The predicted octanol–water partition coefficient (Wildman–Crippen LogP) is 4.56. The Morgan fingerprint density at radius 1 is 1.08 bits per heavy atom. The average molecular weight is 339 g/mol. The van der Waals surface area contributed by atoms with Crippen molar-refractivity contribution >= 4 is 17.1 Å². The summed E-state index contributed by atoms with van der Waals surface area (Å²) in [6.07, 6.45) is 5.83. The number of carbonyl (C=O) groups excluding carboxylic acids is 1. The van der Waals surface area contributed by atoms with E-state index in [-0.39, 0.29) is 11.4 Å². The van der Waals surface area contributed by atoms with Crippen LogP contribution in [0.4, 0.5) is 0 Å². The van der Waals surface area contributed by atoms with Crippen LogP contribution in [0.5, 0.6) is 5.75 Å². The predicted molar refractivity (Wildman–Crippen MR) is 95.9 cm³/mol. The number of hydrogen-bond donors (Lipinski definition) is 0. The van der Waals surface area contributed by atoms with Crippen molar-refractivity contribution < 1.29 is 13.9 Å². The zero-order chi connectivity index (χ0) is 17.6. The summed E-state index contributed by atoms with van der Waals surface area (Å²) in [5.41, 5.74) is 1.60. The molecule has 0 amide bonds. The van der Waals surface area contributed by atoms with Crippen LogP contribution in [0.3, 0.4) is 0 Å². The molecule has 0 atom stereocenters. The third-order valence-electron chi connectivity index (χ3n) is 4.04. The van der Waals surface area contributed by atoms with Crippen molar-refractivity contribution in [3.05, 3.63) is 46.6 Å². The summed E-state index contributed by atoms with van der Waals surface area (Å²) in [4.78, 5) is 27.8. The van der Waals surface area contributed by atoms with Crippen LogP contribution in [-0.4, -0.2) is 11.0 Å². The summed E-state index contributed by atoms with van der Waals surface area (Å²) in [5, 5.41) is 0. The molecular formula is C20H21NO4. The normalized spacial score (nSPS) is 11.1. The van der Waals surface area contributed by atoms with Crippen molar-refractivity contribution in [3.8, 4) is 17.2 Å². The standard InChI is InChI=1S/C20H21NO4/c1-2-3-4-5-6-7-20(23)24-15-9-11-17-19(13-15)25-18-12-14(22)8-10-16(18)21-17/h8-13H,2-7H2,1H3. The topological polar surface area (TPSA) is 69.4 Å². The van der Waals surface area contributed by atoms with E-state index >= 15 is 0 Å². The van der Waals surface area contributed by atoms with Crippen LogP contribution in [0, 0.1) is 0 Å². The van der Waals surface area contributed by atoms with Gasteiger partial charge in [0.25, 0.3) is 0 Å². The van der Waals surface area contributed by atoms with E-state index in [9.17, 15) is 9.59 Å². The monoisotopic (exact) mass is 339 g/mol. The number of rotatable bonds is 7. The highest BCUT2D eigenvalue weighted by Crippen LogP contribution is 2.26. The summed E-state index contributed by atoms with van der Waals surface area (Å²) in [5.74, 6) is 0.597. The van der Waals surface area contributed by atoms with Gasteiger partial charge < -0.3 is 9.15 Å². The lowest BCUT2D eigenvalue weighted by molar-refractivity contribution is -0.134. The molecule has 0 radical (unpaired) electrons. The molecular weight excluding hydrogens is 318 g/mol. The fourth-order valence-electron chi connectivity index (χ4n) is 2.70. The van der Waals surface area contributed by atoms with E-state index in [2.05, 4.69) is 11.9 Å². The Morgan fingerprint density at radius 3 is 2.76 bits per heavy atom. The average Bonchev–Trinajstić information content (AvgIpc) is 2.59. The van der Waals surface area contributed by atoms with Crippen LogP contribution in [-0.2, 0) is 4.79 Å². The fourth-order valence-corrected chi connectivity index (χ4v) is 2.70. The van der Waals surface area contributed by atoms with Crippen LogP contribution >= 0.6 is 0 Å². The molecule has 0 bridgehead atoms. The van der Waals surface area contributed by atoms with Gasteiger partial charge in [0.05, 0.1) is 0 Å².